The molecule has 104 valence electrons. The maximum atomic E-state index is 9.63. The fraction of sp³-hybridized carbons (Fsp3) is 0.333. The van der Waals surface area contributed by atoms with E-state index in [1.807, 2.05) is 12.1 Å². The number of benzene rings is 2. The van der Waals surface area contributed by atoms with Gasteiger partial charge in [0.05, 0.1) is 0 Å². The zero-order chi connectivity index (χ0) is 14.1. The van der Waals surface area contributed by atoms with Gasteiger partial charge in [0.2, 0.25) is 0 Å². The van der Waals surface area contributed by atoms with Gasteiger partial charge in [-0.25, -0.2) is 0 Å². The lowest BCUT2D eigenvalue weighted by Crippen LogP contribution is -2.11. The number of nitrogens with one attached hydrogen (secondary N) is 1. The summed E-state index contributed by atoms with van der Waals surface area (Å²) in [5.74, 6) is 0.360. The molecule has 0 aliphatic carbocycles. The first-order chi connectivity index (χ1) is 9.63. The summed E-state index contributed by atoms with van der Waals surface area (Å²) in [7, 11) is 0. The van der Waals surface area contributed by atoms with Crippen LogP contribution in [0.4, 0.5) is 5.69 Å². The topological polar surface area (TPSA) is 32.3 Å². The summed E-state index contributed by atoms with van der Waals surface area (Å²) in [6.45, 7) is 5.23. The van der Waals surface area contributed by atoms with E-state index in [-0.39, 0.29) is 0 Å². The van der Waals surface area contributed by atoms with Crippen LogP contribution in [0.3, 0.4) is 0 Å². The van der Waals surface area contributed by atoms with Gasteiger partial charge >= 0.3 is 0 Å². The molecule has 1 aliphatic rings. The Labute approximate surface area is 120 Å². The van der Waals surface area contributed by atoms with E-state index in [0.717, 1.165) is 13.0 Å². The zero-order valence-corrected chi connectivity index (χ0v) is 12.2. The fourth-order valence-electron chi connectivity index (χ4n) is 3.09. The van der Waals surface area contributed by atoms with Crippen LogP contribution in [-0.4, -0.2) is 11.7 Å². The van der Waals surface area contributed by atoms with Gasteiger partial charge in [-0.2, -0.15) is 0 Å². The van der Waals surface area contributed by atoms with Crippen molar-refractivity contribution in [3.63, 3.8) is 0 Å². The highest BCUT2D eigenvalue weighted by Gasteiger charge is 2.11. The Morgan fingerprint density at radius 1 is 1.10 bits per heavy atom. The average molecular weight is 267 g/mol. The van der Waals surface area contributed by atoms with Gasteiger partial charge in [0, 0.05) is 12.2 Å². The molecule has 0 radical (unpaired) electrons. The van der Waals surface area contributed by atoms with Gasteiger partial charge in [0.15, 0.2) is 0 Å². The first kappa shape index (κ1) is 13.0. The Kier molecular flexibility index (Phi) is 3.39. The van der Waals surface area contributed by atoms with E-state index in [2.05, 4.69) is 37.4 Å². The van der Waals surface area contributed by atoms with Gasteiger partial charge < -0.3 is 10.4 Å². The molecule has 0 bridgehead atoms. The van der Waals surface area contributed by atoms with Crippen molar-refractivity contribution in [1.82, 2.24) is 0 Å². The summed E-state index contributed by atoms with van der Waals surface area (Å²) in [5.41, 5.74) is 7.73. The van der Waals surface area contributed by atoms with Crippen molar-refractivity contribution in [2.24, 2.45) is 0 Å². The molecule has 2 nitrogen and oxygen atoms in total. The normalized spacial score (nSPS) is 13.7. The number of rotatable bonds is 2. The molecular weight excluding hydrogens is 246 g/mol. The van der Waals surface area contributed by atoms with Crippen molar-refractivity contribution in [3.05, 3.63) is 58.1 Å². The standard InChI is InChI=1S/C18H21NO/c1-12-8-16(20)9-13(2)17(12)11-14-5-6-18-15(10-14)4-3-7-19-18/h5-6,8-10,19-20H,3-4,7,11H2,1-2H3. The molecule has 2 N–H and O–H groups in total. The van der Waals surface area contributed by atoms with Crippen LogP contribution in [-0.2, 0) is 12.8 Å². The van der Waals surface area contributed by atoms with Gasteiger partial charge in [-0.1, -0.05) is 12.1 Å². The Bertz CT molecular complexity index is 623. The number of hydrogen-bond acceptors (Lipinski definition) is 2. The van der Waals surface area contributed by atoms with Crippen LogP contribution in [0, 0.1) is 13.8 Å². The molecule has 0 saturated carbocycles. The Morgan fingerprint density at radius 2 is 1.85 bits per heavy atom. The molecule has 2 heteroatoms. The summed E-state index contributed by atoms with van der Waals surface area (Å²) in [4.78, 5) is 0. The number of aromatic hydroxyl groups is 1. The number of phenolic OH excluding ortho intramolecular Hbond substituents is 1. The van der Waals surface area contributed by atoms with E-state index in [0.29, 0.717) is 5.75 Å². The molecule has 0 unspecified atom stereocenters. The summed E-state index contributed by atoms with van der Waals surface area (Å²) in [6.07, 6.45) is 3.32. The van der Waals surface area contributed by atoms with E-state index < -0.39 is 0 Å². The molecule has 0 spiro atoms. The third-order valence-corrected chi connectivity index (χ3v) is 4.17. The van der Waals surface area contributed by atoms with Gasteiger partial charge in [0.25, 0.3) is 0 Å². The molecule has 1 aliphatic heterocycles. The molecule has 2 aromatic rings. The van der Waals surface area contributed by atoms with E-state index in [9.17, 15) is 5.11 Å². The number of phenols is 1. The molecule has 0 saturated heterocycles. The van der Waals surface area contributed by atoms with Crippen molar-refractivity contribution < 1.29 is 5.11 Å². The number of anilines is 1. The van der Waals surface area contributed by atoms with E-state index in [1.54, 1.807) is 0 Å². The van der Waals surface area contributed by atoms with Gasteiger partial charge in [-0.05, 0) is 79.1 Å². The Morgan fingerprint density at radius 3 is 2.60 bits per heavy atom. The minimum Gasteiger partial charge on any atom is -0.508 e. The monoisotopic (exact) mass is 267 g/mol. The summed E-state index contributed by atoms with van der Waals surface area (Å²) in [5, 5.41) is 13.1. The molecule has 0 aromatic heterocycles. The number of fused-ring (bicyclic) bond motifs is 1. The first-order valence-corrected chi connectivity index (χ1v) is 7.28. The van der Waals surface area contributed by atoms with Gasteiger partial charge in [-0.15, -0.1) is 0 Å². The molecule has 20 heavy (non-hydrogen) atoms. The van der Waals surface area contributed by atoms with Crippen LogP contribution < -0.4 is 5.32 Å². The molecule has 0 atom stereocenters. The Balaban J connectivity index is 1.92. The molecule has 2 aromatic carbocycles. The number of aryl methyl sites for hydroxylation is 3. The van der Waals surface area contributed by atoms with Crippen molar-refractivity contribution in [3.8, 4) is 5.75 Å². The molecule has 0 amide bonds. The molecule has 0 fully saturated rings. The average Bonchev–Trinajstić information content (AvgIpc) is 2.42. The van der Waals surface area contributed by atoms with Crippen LogP contribution in [0.5, 0.6) is 5.75 Å². The largest absolute Gasteiger partial charge is 0.508 e. The minimum atomic E-state index is 0.360. The third kappa shape index (κ3) is 2.51. The SMILES string of the molecule is Cc1cc(O)cc(C)c1Cc1ccc2c(c1)CCCN2. The van der Waals surface area contributed by atoms with Crippen LogP contribution in [0.15, 0.2) is 30.3 Å². The second-order valence-electron chi connectivity index (χ2n) is 5.76. The fourth-order valence-corrected chi connectivity index (χ4v) is 3.09. The predicted octanol–water partition coefficient (Wildman–Crippen LogP) is 3.96. The quantitative estimate of drug-likeness (QED) is 0.863. The van der Waals surface area contributed by atoms with Gasteiger partial charge in [-0.3, -0.25) is 0 Å². The van der Waals surface area contributed by atoms with Gasteiger partial charge in [0.1, 0.15) is 5.75 Å². The van der Waals surface area contributed by atoms with Crippen LogP contribution in [0.25, 0.3) is 0 Å². The highest BCUT2D eigenvalue weighted by Crippen LogP contribution is 2.27. The lowest BCUT2D eigenvalue weighted by molar-refractivity contribution is 0.474. The predicted molar refractivity (Wildman–Crippen MR) is 83.6 cm³/mol. The van der Waals surface area contributed by atoms with Crippen molar-refractivity contribution in [2.75, 3.05) is 11.9 Å². The second-order valence-corrected chi connectivity index (χ2v) is 5.76. The van der Waals surface area contributed by atoms with E-state index in [1.165, 1.54) is 46.3 Å². The van der Waals surface area contributed by atoms with Crippen molar-refractivity contribution >= 4 is 5.69 Å². The van der Waals surface area contributed by atoms with Crippen LogP contribution in [0.1, 0.15) is 34.2 Å². The summed E-state index contributed by atoms with van der Waals surface area (Å²) >= 11 is 0. The van der Waals surface area contributed by atoms with Crippen molar-refractivity contribution in [2.45, 2.75) is 33.1 Å². The van der Waals surface area contributed by atoms with Crippen molar-refractivity contribution in [1.29, 1.82) is 0 Å². The lowest BCUT2D eigenvalue weighted by atomic mass is 9.93. The third-order valence-electron chi connectivity index (χ3n) is 4.17. The zero-order valence-electron chi connectivity index (χ0n) is 12.2. The second kappa shape index (κ2) is 5.20. The lowest BCUT2D eigenvalue weighted by Gasteiger charge is -2.19. The maximum absolute atomic E-state index is 9.63. The van der Waals surface area contributed by atoms with E-state index >= 15 is 0 Å². The molecule has 1 heterocycles. The van der Waals surface area contributed by atoms with E-state index in [4.69, 9.17) is 0 Å². The molecule has 3 rings (SSSR count). The summed E-state index contributed by atoms with van der Waals surface area (Å²) < 4.78 is 0. The minimum absolute atomic E-state index is 0.360. The van der Waals surface area contributed by atoms with Crippen LogP contribution >= 0.6 is 0 Å². The highest BCUT2D eigenvalue weighted by atomic mass is 16.3. The smallest absolute Gasteiger partial charge is 0.116 e. The highest BCUT2D eigenvalue weighted by molar-refractivity contribution is 5.55. The number of hydrogen-bond donors (Lipinski definition) is 2. The summed E-state index contributed by atoms with van der Waals surface area (Å²) in [6, 6.07) is 10.4. The van der Waals surface area contributed by atoms with Crippen LogP contribution in [0.2, 0.25) is 0 Å². The maximum Gasteiger partial charge on any atom is 0.116 e. The first-order valence-electron chi connectivity index (χ1n) is 7.28. The molecular formula is C18H21NO. The Hall–Kier alpha value is -1.96.